The van der Waals surface area contributed by atoms with Crippen LogP contribution in [0.4, 0.5) is 0 Å². The average Bonchev–Trinajstić information content (AvgIpc) is 3.42. The monoisotopic (exact) mass is 655 g/mol. The molecule has 0 aliphatic rings. The van der Waals surface area contributed by atoms with Crippen molar-refractivity contribution in [3.63, 3.8) is 0 Å². The zero-order valence-electron chi connectivity index (χ0n) is 30.8. The van der Waals surface area contributed by atoms with E-state index in [1.165, 1.54) is 61.4 Å². The second-order valence-electron chi connectivity index (χ2n) is 14.4. The molecule has 3 heteroatoms. The summed E-state index contributed by atoms with van der Waals surface area (Å²) in [5.41, 5.74) is 14.5. The Labute approximate surface area is 298 Å². The van der Waals surface area contributed by atoms with E-state index in [2.05, 4.69) is 209 Å². The fourth-order valence-corrected chi connectivity index (χ4v) is 8.34. The normalized spacial score (nSPS) is 12.0. The van der Waals surface area contributed by atoms with E-state index in [4.69, 9.17) is 0 Å². The molecule has 7 aromatic rings. The van der Waals surface area contributed by atoms with Gasteiger partial charge in [0.25, 0.3) is 5.69 Å². The molecular formula is C47H49N3+2. The molecule has 0 saturated heterocycles. The van der Waals surface area contributed by atoms with Crippen LogP contribution in [-0.2, 0) is 19.5 Å². The fraction of sp³-hybridized carbons (Fsp3) is 0.234. The number of hydrogen-bond donors (Lipinski definition) is 0. The third-order valence-corrected chi connectivity index (χ3v) is 10.7. The summed E-state index contributed by atoms with van der Waals surface area (Å²) in [7, 11) is 4.49. The quantitative estimate of drug-likeness (QED) is 0.114. The van der Waals surface area contributed by atoms with Crippen LogP contribution < -0.4 is 9.13 Å². The average molecular weight is 656 g/mol. The minimum absolute atomic E-state index is 0.357. The predicted octanol–water partition coefficient (Wildman–Crippen LogP) is 10.2. The third-order valence-electron chi connectivity index (χ3n) is 10.7. The van der Waals surface area contributed by atoms with E-state index in [-0.39, 0.29) is 0 Å². The number of rotatable bonds is 8. The van der Waals surface area contributed by atoms with Gasteiger partial charge in [-0.25, -0.2) is 4.57 Å². The largest absolute Gasteiger partial charge is 0.360 e. The number of hydrogen-bond acceptors (Lipinski definition) is 0. The molecule has 0 fully saturated rings. The van der Waals surface area contributed by atoms with Gasteiger partial charge in [0.05, 0.1) is 7.05 Å². The summed E-state index contributed by atoms with van der Waals surface area (Å²) < 4.78 is 7.40. The third kappa shape index (κ3) is 5.19. The van der Waals surface area contributed by atoms with Crippen LogP contribution in [-0.4, -0.2) is 4.57 Å². The predicted molar refractivity (Wildman–Crippen MR) is 207 cm³/mol. The van der Waals surface area contributed by atoms with E-state index in [1.54, 1.807) is 0 Å². The van der Waals surface area contributed by atoms with Gasteiger partial charge in [0.1, 0.15) is 18.2 Å². The Morgan fingerprint density at radius 3 is 1.62 bits per heavy atom. The van der Waals surface area contributed by atoms with Gasteiger partial charge in [0.2, 0.25) is 5.69 Å². The van der Waals surface area contributed by atoms with Crippen LogP contribution >= 0.6 is 0 Å². The van der Waals surface area contributed by atoms with Crippen molar-refractivity contribution in [3.8, 4) is 17.2 Å². The molecule has 0 atom stereocenters. The highest BCUT2D eigenvalue weighted by Crippen LogP contribution is 2.46. The summed E-state index contributed by atoms with van der Waals surface area (Å²) in [6, 6.07) is 51.5. The highest BCUT2D eigenvalue weighted by molar-refractivity contribution is 5.79. The van der Waals surface area contributed by atoms with Crippen LogP contribution in [0.5, 0.6) is 0 Å². The molecule has 50 heavy (non-hydrogen) atoms. The van der Waals surface area contributed by atoms with Gasteiger partial charge in [-0.3, -0.25) is 0 Å². The van der Waals surface area contributed by atoms with Gasteiger partial charge in [-0.15, -0.1) is 0 Å². The molecule has 0 radical (unpaired) electrons. The van der Waals surface area contributed by atoms with Crippen LogP contribution in [0.3, 0.4) is 0 Å². The van der Waals surface area contributed by atoms with Crippen LogP contribution in [0.25, 0.3) is 28.2 Å². The maximum absolute atomic E-state index is 2.55. The number of aryl methyl sites for hydroxylation is 3. The van der Waals surface area contributed by atoms with E-state index in [0.717, 1.165) is 11.5 Å². The summed E-state index contributed by atoms with van der Waals surface area (Å²) in [5, 5.41) is 0. The van der Waals surface area contributed by atoms with E-state index in [1.807, 2.05) is 0 Å². The molecule has 250 valence electrons. The summed E-state index contributed by atoms with van der Waals surface area (Å²) in [5.74, 6) is 1.87. The van der Waals surface area contributed by atoms with Gasteiger partial charge in [-0.2, -0.15) is 9.13 Å². The second kappa shape index (κ2) is 13.2. The van der Waals surface area contributed by atoms with E-state index in [0.29, 0.717) is 11.8 Å². The highest BCUT2D eigenvalue weighted by atomic mass is 15.2. The maximum Gasteiger partial charge on any atom is 0.360 e. The van der Waals surface area contributed by atoms with Crippen molar-refractivity contribution in [2.45, 2.75) is 58.8 Å². The number of imidazole rings is 1. The van der Waals surface area contributed by atoms with Crippen LogP contribution in [0.1, 0.15) is 84.2 Å². The standard InChI is InChI=1S/C47H49N3/c1-32(2)37-24-18-25-38(33(3)4)45(37)50-42-29-17-16-28-41(42)49(8)46(50)43-30-19-31-44(48(43)7)47(36-22-10-9-11-23-36,39-26-14-12-20-34(39)5)40-27-15-13-21-35(40)6/h9-33H,1-8H3/q+2. The lowest BCUT2D eigenvalue weighted by Crippen LogP contribution is -2.49. The van der Waals surface area contributed by atoms with Crippen molar-refractivity contribution in [1.29, 1.82) is 0 Å². The first-order valence-corrected chi connectivity index (χ1v) is 18.0. The van der Waals surface area contributed by atoms with Crippen molar-refractivity contribution >= 4 is 11.0 Å². The molecule has 0 amide bonds. The topological polar surface area (TPSA) is 12.7 Å². The summed E-state index contributed by atoms with van der Waals surface area (Å²) in [4.78, 5) is 0. The molecule has 0 spiro atoms. The maximum atomic E-state index is 2.55. The fourth-order valence-electron chi connectivity index (χ4n) is 8.34. The molecule has 0 saturated carbocycles. The number of fused-ring (bicyclic) bond motifs is 1. The molecule has 0 bridgehead atoms. The number of nitrogens with zero attached hydrogens (tertiary/aromatic N) is 3. The lowest BCUT2D eigenvalue weighted by Gasteiger charge is -2.36. The minimum atomic E-state index is -0.586. The smallest absolute Gasteiger partial charge is 0.220 e. The summed E-state index contributed by atoms with van der Waals surface area (Å²) in [6.45, 7) is 13.8. The second-order valence-corrected chi connectivity index (χ2v) is 14.4. The Kier molecular flexibility index (Phi) is 8.78. The molecule has 7 rings (SSSR count). The van der Waals surface area contributed by atoms with E-state index in [9.17, 15) is 0 Å². The van der Waals surface area contributed by atoms with Crippen LogP contribution in [0.2, 0.25) is 0 Å². The molecule has 0 aliphatic carbocycles. The van der Waals surface area contributed by atoms with Crippen molar-refractivity contribution < 1.29 is 9.13 Å². The lowest BCUT2D eigenvalue weighted by atomic mass is 9.64. The number of para-hydroxylation sites is 3. The SMILES string of the molecule is Cc1ccccc1C(c1ccccc1)(c1ccccc1C)c1cccc(-c2n(-c3c(C(C)C)cccc3C(C)C)c3ccccc3[n+]2C)[n+]1C. The van der Waals surface area contributed by atoms with Gasteiger partial charge in [0.15, 0.2) is 11.0 Å². The van der Waals surface area contributed by atoms with Crippen LogP contribution in [0.15, 0.2) is 140 Å². The number of benzene rings is 5. The molecule has 2 heterocycles. The molecule has 0 N–H and O–H groups in total. The van der Waals surface area contributed by atoms with Gasteiger partial charge in [-0.05, 0) is 71.7 Å². The Bertz CT molecular complexity index is 2250. The number of pyridine rings is 1. The highest BCUT2D eigenvalue weighted by Gasteiger charge is 2.48. The molecular weight excluding hydrogens is 607 g/mol. The van der Waals surface area contributed by atoms with Crippen molar-refractivity contribution in [2.75, 3.05) is 0 Å². The summed E-state index contributed by atoms with van der Waals surface area (Å²) in [6.07, 6.45) is 0. The van der Waals surface area contributed by atoms with Crippen LogP contribution in [0, 0.1) is 13.8 Å². The van der Waals surface area contributed by atoms with E-state index < -0.39 is 5.41 Å². The molecule has 0 aliphatic heterocycles. The van der Waals surface area contributed by atoms with Gasteiger partial charge >= 0.3 is 5.82 Å². The van der Waals surface area contributed by atoms with Crippen molar-refractivity contribution in [3.05, 3.63) is 184 Å². The zero-order valence-corrected chi connectivity index (χ0v) is 30.8. The van der Waals surface area contributed by atoms with Crippen molar-refractivity contribution in [1.82, 2.24) is 4.57 Å². The minimum Gasteiger partial charge on any atom is -0.220 e. The number of aromatic nitrogens is 3. The lowest BCUT2D eigenvalue weighted by molar-refractivity contribution is -0.687. The Balaban J connectivity index is 1.66. The molecule has 0 unspecified atom stereocenters. The molecule has 5 aromatic carbocycles. The zero-order chi connectivity index (χ0) is 35.2. The Morgan fingerprint density at radius 1 is 0.520 bits per heavy atom. The van der Waals surface area contributed by atoms with Gasteiger partial charge in [0, 0.05) is 23.3 Å². The first-order chi connectivity index (χ1) is 24.2. The Hall–Kier alpha value is -5.28. The first-order valence-electron chi connectivity index (χ1n) is 18.0. The van der Waals surface area contributed by atoms with Gasteiger partial charge < -0.3 is 0 Å². The Morgan fingerprint density at radius 2 is 1.04 bits per heavy atom. The summed E-state index contributed by atoms with van der Waals surface area (Å²) >= 11 is 0. The van der Waals surface area contributed by atoms with Gasteiger partial charge in [-0.1, -0.05) is 137 Å². The molecule has 2 aromatic heterocycles. The van der Waals surface area contributed by atoms with Crippen molar-refractivity contribution in [2.24, 2.45) is 14.1 Å². The molecule has 3 nitrogen and oxygen atoms in total. The van der Waals surface area contributed by atoms with E-state index >= 15 is 0 Å². The first kappa shape index (κ1) is 33.2.